The lowest BCUT2D eigenvalue weighted by molar-refractivity contribution is -0.123. The second-order valence-electron chi connectivity index (χ2n) is 8.66. The molecule has 3 aromatic carbocycles. The molecular formula is C27H33N7O4. The molecule has 38 heavy (non-hydrogen) atoms. The Morgan fingerprint density at radius 2 is 1.45 bits per heavy atom. The maximum absolute atomic E-state index is 12.9. The van der Waals surface area contributed by atoms with Crippen molar-refractivity contribution in [3.63, 3.8) is 0 Å². The van der Waals surface area contributed by atoms with Gasteiger partial charge in [-0.25, -0.2) is 9.59 Å². The third kappa shape index (κ3) is 9.34. The minimum Gasteiger partial charge on any atom is -0.445 e. The van der Waals surface area contributed by atoms with E-state index in [4.69, 9.17) is 21.9 Å². The van der Waals surface area contributed by atoms with E-state index < -0.39 is 18.2 Å². The Morgan fingerprint density at radius 1 is 0.816 bits per heavy atom. The average molecular weight is 520 g/mol. The summed E-state index contributed by atoms with van der Waals surface area (Å²) in [5, 5.41) is 10.1. The van der Waals surface area contributed by atoms with E-state index in [2.05, 4.69) is 20.9 Å². The zero-order valence-corrected chi connectivity index (χ0v) is 21.0. The van der Waals surface area contributed by atoms with Crippen molar-refractivity contribution in [2.45, 2.75) is 38.6 Å². The van der Waals surface area contributed by atoms with E-state index in [1.807, 2.05) is 66.7 Å². The molecule has 4 amide bonds. The molecule has 0 aliphatic rings. The monoisotopic (exact) mass is 519 g/mol. The van der Waals surface area contributed by atoms with Crippen molar-refractivity contribution in [3.8, 4) is 0 Å². The third-order valence-corrected chi connectivity index (χ3v) is 5.69. The summed E-state index contributed by atoms with van der Waals surface area (Å²) >= 11 is 0. The molecule has 0 saturated carbocycles. The largest absolute Gasteiger partial charge is 0.445 e. The molecule has 11 heteroatoms. The predicted octanol–water partition coefficient (Wildman–Crippen LogP) is 1.97. The summed E-state index contributed by atoms with van der Waals surface area (Å²) in [5.41, 5.74) is 18.4. The highest BCUT2D eigenvalue weighted by Gasteiger charge is 2.21. The number of primary amides is 1. The van der Waals surface area contributed by atoms with Gasteiger partial charge in [-0.3, -0.25) is 9.79 Å². The molecule has 0 saturated heterocycles. The first-order valence-corrected chi connectivity index (χ1v) is 12.2. The molecule has 0 aliphatic carbocycles. The molecule has 11 nitrogen and oxygen atoms in total. The topological polar surface area (TPSA) is 187 Å². The fraction of sp³-hybridized carbons (Fsp3) is 0.259. The molecule has 200 valence electrons. The molecule has 0 radical (unpaired) electrons. The van der Waals surface area contributed by atoms with Gasteiger partial charge < -0.3 is 37.9 Å². The van der Waals surface area contributed by atoms with Crippen molar-refractivity contribution in [2.75, 3.05) is 6.54 Å². The number of carbonyl (C=O) groups excluding carboxylic acids is 3. The van der Waals surface area contributed by atoms with Gasteiger partial charge in [0.2, 0.25) is 5.91 Å². The van der Waals surface area contributed by atoms with Crippen LogP contribution >= 0.6 is 0 Å². The van der Waals surface area contributed by atoms with E-state index in [9.17, 15) is 14.4 Å². The fourth-order valence-corrected chi connectivity index (χ4v) is 3.71. The van der Waals surface area contributed by atoms with E-state index >= 15 is 0 Å². The molecule has 0 unspecified atom stereocenters. The number of fused-ring (bicyclic) bond motifs is 1. The fourth-order valence-electron chi connectivity index (χ4n) is 3.71. The Morgan fingerprint density at radius 3 is 2.11 bits per heavy atom. The molecule has 9 N–H and O–H groups in total. The van der Waals surface area contributed by atoms with Crippen LogP contribution in [0.25, 0.3) is 10.8 Å². The number of rotatable bonds is 12. The van der Waals surface area contributed by atoms with Crippen LogP contribution in [0.3, 0.4) is 0 Å². The van der Waals surface area contributed by atoms with Gasteiger partial charge in [0.05, 0.1) is 0 Å². The van der Waals surface area contributed by atoms with E-state index in [0.29, 0.717) is 25.9 Å². The molecule has 0 spiro atoms. The summed E-state index contributed by atoms with van der Waals surface area (Å²) < 4.78 is 5.38. The van der Waals surface area contributed by atoms with Gasteiger partial charge in [-0.1, -0.05) is 60.7 Å². The molecule has 0 heterocycles. The zero-order chi connectivity index (χ0) is 27.3. The summed E-state index contributed by atoms with van der Waals surface area (Å²) in [5.74, 6) is -0.403. The van der Waals surface area contributed by atoms with Gasteiger partial charge in [0.25, 0.3) is 0 Å². The number of hydrogen-bond donors (Lipinski definition) is 6. The molecule has 1 atom stereocenters. The summed E-state index contributed by atoms with van der Waals surface area (Å²) in [6.45, 7) is 0.947. The molecule has 0 aromatic heterocycles. The number of carbonyl (C=O) groups is 3. The van der Waals surface area contributed by atoms with Gasteiger partial charge in [0, 0.05) is 19.6 Å². The number of ether oxygens (including phenoxy) is 1. The van der Waals surface area contributed by atoms with E-state index in [0.717, 1.165) is 27.5 Å². The maximum atomic E-state index is 12.9. The maximum Gasteiger partial charge on any atom is 0.408 e. The first kappa shape index (κ1) is 27.8. The Kier molecular flexibility index (Phi) is 10.3. The van der Waals surface area contributed by atoms with E-state index in [-0.39, 0.29) is 25.0 Å². The van der Waals surface area contributed by atoms with Crippen molar-refractivity contribution in [2.24, 2.45) is 22.2 Å². The highest BCUT2D eigenvalue weighted by molar-refractivity contribution is 5.86. The first-order valence-electron chi connectivity index (χ1n) is 12.2. The number of alkyl carbamates (subject to hydrolysis) is 1. The Labute approximate surface area is 220 Å². The van der Waals surface area contributed by atoms with Crippen LogP contribution in [0.5, 0.6) is 0 Å². The number of hydrogen-bond acceptors (Lipinski definition) is 5. The lowest BCUT2D eigenvalue weighted by Gasteiger charge is -2.18. The number of guanidine groups is 1. The summed E-state index contributed by atoms with van der Waals surface area (Å²) in [7, 11) is 0. The van der Waals surface area contributed by atoms with Gasteiger partial charge in [0.1, 0.15) is 12.6 Å². The van der Waals surface area contributed by atoms with Crippen LogP contribution in [-0.4, -0.2) is 36.6 Å². The van der Waals surface area contributed by atoms with Crippen LogP contribution in [0.4, 0.5) is 9.59 Å². The molecule has 0 fully saturated rings. The Bertz CT molecular complexity index is 1270. The number of amides is 4. The molecular weight excluding hydrogens is 486 g/mol. The molecule has 0 aliphatic heterocycles. The first-order chi connectivity index (χ1) is 18.3. The van der Waals surface area contributed by atoms with Crippen LogP contribution in [-0.2, 0) is 29.2 Å². The average Bonchev–Trinajstić information content (AvgIpc) is 2.91. The second-order valence-corrected chi connectivity index (χ2v) is 8.66. The quantitative estimate of drug-likeness (QED) is 0.121. The number of nitrogens with zero attached hydrogens (tertiary/aromatic N) is 1. The van der Waals surface area contributed by atoms with Crippen LogP contribution in [0.2, 0.25) is 0 Å². The standard InChI is InChI=1S/C27H33N7O4/c28-25(29)31-13-3-6-23(24(35)32-15-18-7-9-19(10-8-18)16-33-26(30)36)34-27(37)38-17-20-11-12-21-4-1-2-5-22(21)14-20/h1-2,4-5,7-12,14,23H,3,6,13,15-17H2,(H,32,35)(H,34,37)(H4,28,29,31)(H3,30,33,36)/t23-/m1/s1. The zero-order valence-electron chi connectivity index (χ0n) is 21.0. The van der Waals surface area contributed by atoms with Crippen molar-refractivity contribution in [3.05, 3.63) is 83.4 Å². The van der Waals surface area contributed by atoms with E-state index in [1.165, 1.54) is 0 Å². The minimum atomic E-state index is -0.840. The van der Waals surface area contributed by atoms with Crippen LogP contribution in [0.1, 0.15) is 29.5 Å². The van der Waals surface area contributed by atoms with Crippen molar-refractivity contribution >= 4 is 34.8 Å². The number of nitrogens with two attached hydrogens (primary N) is 3. The third-order valence-electron chi connectivity index (χ3n) is 5.69. The highest BCUT2D eigenvalue weighted by Crippen LogP contribution is 2.16. The molecule has 0 bridgehead atoms. The SMILES string of the molecule is NC(=O)NCc1ccc(CNC(=O)[C@@H](CCCN=C(N)N)NC(=O)OCc2ccc3ccccc3c2)cc1. The molecule has 3 rings (SSSR count). The second kappa shape index (κ2) is 14.1. The summed E-state index contributed by atoms with van der Waals surface area (Å²) in [4.78, 5) is 40.2. The van der Waals surface area contributed by atoms with Crippen molar-refractivity contribution < 1.29 is 19.1 Å². The minimum absolute atomic E-state index is 0.0387. The number of aliphatic imine (C=N–C) groups is 1. The lowest BCUT2D eigenvalue weighted by atomic mass is 10.1. The van der Waals surface area contributed by atoms with Gasteiger partial charge in [0.15, 0.2) is 5.96 Å². The van der Waals surface area contributed by atoms with Gasteiger partial charge in [-0.2, -0.15) is 0 Å². The van der Waals surface area contributed by atoms with E-state index in [1.54, 1.807) is 0 Å². The number of nitrogens with one attached hydrogen (secondary N) is 3. The number of benzene rings is 3. The predicted molar refractivity (Wildman–Crippen MR) is 146 cm³/mol. The smallest absolute Gasteiger partial charge is 0.408 e. The summed E-state index contributed by atoms with van der Waals surface area (Å²) in [6.07, 6.45) is 0.0833. The Balaban J connectivity index is 1.55. The lowest BCUT2D eigenvalue weighted by Crippen LogP contribution is -2.46. The van der Waals surface area contributed by atoms with Crippen molar-refractivity contribution in [1.82, 2.24) is 16.0 Å². The van der Waals surface area contributed by atoms with Crippen LogP contribution in [0, 0.1) is 0 Å². The summed E-state index contributed by atoms with van der Waals surface area (Å²) in [6, 6.07) is 19.6. The van der Waals surface area contributed by atoms with Gasteiger partial charge in [-0.15, -0.1) is 0 Å². The number of urea groups is 1. The Hall–Kier alpha value is -4.80. The van der Waals surface area contributed by atoms with Crippen molar-refractivity contribution in [1.29, 1.82) is 0 Å². The van der Waals surface area contributed by atoms with Gasteiger partial charge >= 0.3 is 12.1 Å². The van der Waals surface area contributed by atoms with Gasteiger partial charge in [-0.05, 0) is 46.4 Å². The normalized spacial score (nSPS) is 11.3. The van der Waals surface area contributed by atoms with Crippen LogP contribution in [0.15, 0.2) is 71.7 Å². The van der Waals surface area contributed by atoms with Crippen LogP contribution < -0.4 is 33.2 Å². The highest BCUT2D eigenvalue weighted by atomic mass is 16.5. The molecule has 3 aromatic rings.